The molecule has 0 aliphatic carbocycles. The van der Waals surface area contributed by atoms with Crippen LogP contribution in [0.2, 0.25) is 0 Å². The number of nitrogens with zero attached hydrogens (tertiary/aromatic N) is 5. The fraction of sp³-hybridized carbons (Fsp3) is 0.120. The van der Waals surface area contributed by atoms with E-state index in [1.165, 1.54) is 61.7 Å². The highest BCUT2D eigenvalue weighted by atomic mass is 32.2. The van der Waals surface area contributed by atoms with Gasteiger partial charge in [0.25, 0.3) is 0 Å². The third-order valence-corrected chi connectivity index (χ3v) is 7.34. The Morgan fingerprint density at radius 2 is 1.73 bits per heavy atom. The summed E-state index contributed by atoms with van der Waals surface area (Å²) in [6.07, 6.45) is -1.79. The van der Waals surface area contributed by atoms with Crippen LogP contribution in [0.15, 0.2) is 89.1 Å². The SMILES string of the molecule is CN(C)S(=O)(=O)c1ccccc1NC(=S)NN=Cc1ccc(-c2ncn(-c3ccc(OC(F)(F)F)cc3)n2)cc1. The van der Waals surface area contributed by atoms with Crippen LogP contribution in [0.3, 0.4) is 0 Å². The van der Waals surface area contributed by atoms with Crippen molar-refractivity contribution in [3.8, 4) is 22.8 Å². The molecule has 40 heavy (non-hydrogen) atoms. The Morgan fingerprint density at radius 1 is 1.05 bits per heavy atom. The number of sulfonamides is 1. The number of hydrogen-bond donors (Lipinski definition) is 2. The lowest BCUT2D eigenvalue weighted by molar-refractivity contribution is -0.274. The minimum Gasteiger partial charge on any atom is -0.406 e. The third kappa shape index (κ3) is 7.19. The molecular weight excluding hydrogens is 567 g/mol. The van der Waals surface area contributed by atoms with Gasteiger partial charge in [0.05, 0.1) is 17.6 Å². The van der Waals surface area contributed by atoms with Gasteiger partial charge in [0.2, 0.25) is 10.0 Å². The minimum atomic E-state index is -4.76. The summed E-state index contributed by atoms with van der Waals surface area (Å²) < 4.78 is 68.5. The highest BCUT2D eigenvalue weighted by Crippen LogP contribution is 2.25. The zero-order valence-electron chi connectivity index (χ0n) is 21.0. The smallest absolute Gasteiger partial charge is 0.406 e. The van der Waals surface area contributed by atoms with Crippen molar-refractivity contribution in [2.45, 2.75) is 11.3 Å². The molecule has 208 valence electrons. The van der Waals surface area contributed by atoms with Gasteiger partial charge in [-0.3, -0.25) is 5.43 Å². The summed E-state index contributed by atoms with van der Waals surface area (Å²) >= 11 is 5.24. The van der Waals surface area contributed by atoms with E-state index >= 15 is 0 Å². The van der Waals surface area contributed by atoms with Crippen molar-refractivity contribution in [3.05, 3.63) is 84.7 Å². The second-order valence-corrected chi connectivity index (χ2v) is 10.8. The van der Waals surface area contributed by atoms with Crippen LogP contribution in [-0.2, 0) is 10.0 Å². The number of alkyl halides is 3. The second-order valence-electron chi connectivity index (χ2n) is 8.28. The van der Waals surface area contributed by atoms with E-state index in [9.17, 15) is 21.6 Å². The van der Waals surface area contributed by atoms with E-state index < -0.39 is 16.4 Å². The molecule has 0 atom stereocenters. The number of ether oxygens (including phenoxy) is 1. The number of thiocarbonyl (C=S) groups is 1. The Balaban J connectivity index is 1.36. The zero-order chi connectivity index (χ0) is 28.9. The van der Waals surface area contributed by atoms with Crippen LogP contribution in [0.5, 0.6) is 5.75 Å². The van der Waals surface area contributed by atoms with Crippen LogP contribution in [0, 0.1) is 0 Å². The van der Waals surface area contributed by atoms with Gasteiger partial charge in [-0.25, -0.2) is 22.4 Å². The van der Waals surface area contributed by atoms with Crippen LogP contribution < -0.4 is 15.5 Å². The van der Waals surface area contributed by atoms with Crippen LogP contribution in [0.4, 0.5) is 18.9 Å². The Morgan fingerprint density at radius 3 is 2.38 bits per heavy atom. The first-order valence-corrected chi connectivity index (χ1v) is 13.3. The molecule has 4 aromatic rings. The lowest BCUT2D eigenvalue weighted by atomic mass is 10.1. The average Bonchev–Trinajstić information content (AvgIpc) is 3.39. The number of aromatic nitrogens is 3. The van der Waals surface area contributed by atoms with Gasteiger partial charge in [0, 0.05) is 19.7 Å². The fourth-order valence-corrected chi connectivity index (χ4v) is 4.55. The van der Waals surface area contributed by atoms with Crippen molar-refractivity contribution in [1.29, 1.82) is 0 Å². The van der Waals surface area contributed by atoms with E-state index in [0.29, 0.717) is 22.8 Å². The first-order valence-electron chi connectivity index (χ1n) is 11.4. The van der Waals surface area contributed by atoms with E-state index in [1.807, 2.05) is 0 Å². The molecule has 0 radical (unpaired) electrons. The summed E-state index contributed by atoms with van der Waals surface area (Å²) in [5, 5.41) is 11.4. The molecular formula is C25H22F3N7O3S2. The molecule has 0 aliphatic heterocycles. The predicted molar refractivity (Wildman–Crippen MR) is 148 cm³/mol. The summed E-state index contributed by atoms with van der Waals surface area (Å²) in [6.45, 7) is 0. The first kappa shape index (κ1) is 28.7. The molecule has 0 unspecified atom stereocenters. The van der Waals surface area contributed by atoms with Crippen molar-refractivity contribution in [3.63, 3.8) is 0 Å². The molecule has 0 aliphatic rings. The molecule has 15 heteroatoms. The standard InChI is InChI=1S/C25H22F3N7O3S2/c1-34(2)40(36,37)22-6-4-3-5-21(22)31-24(39)32-30-15-17-7-9-18(10-8-17)23-29-16-35(33-23)19-11-13-20(14-12-19)38-25(26,27)28/h3-16H,1-2H3,(H2,31,32,39). The van der Waals surface area contributed by atoms with Crippen molar-refractivity contribution in [1.82, 2.24) is 24.5 Å². The Labute approximate surface area is 233 Å². The molecule has 0 saturated carbocycles. The van der Waals surface area contributed by atoms with Gasteiger partial charge in [-0.1, -0.05) is 36.4 Å². The van der Waals surface area contributed by atoms with Gasteiger partial charge in [0.1, 0.15) is 17.0 Å². The quantitative estimate of drug-likeness (QED) is 0.177. The average molecular weight is 590 g/mol. The highest BCUT2D eigenvalue weighted by Gasteiger charge is 2.31. The monoisotopic (exact) mass is 589 g/mol. The second kappa shape index (κ2) is 11.8. The predicted octanol–water partition coefficient (Wildman–Crippen LogP) is 4.40. The maximum Gasteiger partial charge on any atom is 0.573 e. The molecule has 0 saturated heterocycles. The molecule has 0 spiro atoms. The topological polar surface area (TPSA) is 114 Å². The fourth-order valence-electron chi connectivity index (χ4n) is 3.35. The van der Waals surface area contributed by atoms with Crippen molar-refractivity contribution in [2.75, 3.05) is 19.4 Å². The summed E-state index contributed by atoms with van der Waals surface area (Å²) in [5.41, 5.74) is 4.91. The van der Waals surface area contributed by atoms with E-state index in [2.05, 4.69) is 30.7 Å². The normalized spacial score (nSPS) is 12.1. The van der Waals surface area contributed by atoms with Gasteiger partial charge >= 0.3 is 6.36 Å². The van der Waals surface area contributed by atoms with Crippen LogP contribution >= 0.6 is 12.2 Å². The Bertz CT molecular complexity index is 1620. The van der Waals surface area contributed by atoms with E-state index in [0.717, 1.165) is 9.87 Å². The molecule has 0 amide bonds. The molecule has 2 N–H and O–H groups in total. The van der Waals surface area contributed by atoms with E-state index in [1.54, 1.807) is 42.5 Å². The number of nitrogens with one attached hydrogen (secondary N) is 2. The van der Waals surface area contributed by atoms with Gasteiger partial charge in [0.15, 0.2) is 10.9 Å². The molecule has 3 aromatic carbocycles. The first-order chi connectivity index (χ1) is 18.9. The van der Waals surface area contributed by atoms with Gasteiger partial charge in [-0.2, -0.15) is 5.10 Å². The maximum atomic E-state index is 12.5. The third-order valence-electron chi connectivity index (χ3n) is 5.27. The molecule has 0 bridgehead atoms. The van der Waals surface area contributed by atoms with Gasteiger partial charge < -0.3 is 10.1 Å². The van der Waals surface area contributed by atoms with E-state index in [4.69, 9.17) is 12.2 Å². The van der Waals surface area contributed by atoms with Gasteiger partial charge in [-0.05, 0) is 54.2 Å². The summed E-state index contributed by atoms with van der Waals surface area (Å²) in [7, 11) is -0.789. The number of hydrazone groups is 1. The lowest BCUT2D eigenvalue weighted by Crippen LogP contribution is -2.27. The molecule has 10 nitrogen and oxygen atoms in total. The summed E-state index contributed by atoms with van der Waals surface area (Å²) in [4.78, 5) is 4.33. The molecule has 4 rings (SSSR count). The van der Waals surface area contributed by atoms with Crippen molar-refractivity contribution >= 4 is 39.3 Å². The Hall–Kier alpha value is -4.34. The summed E-state index contributed by atoms with van der Waals surface area (Å²) in [6, 6.07) is 18.7. The maximum absolute atomic E-state index is 12.5. The number of halogens is 3. The Kier molecular flexibility index (Phi) is 8.46. The van der Waals surface area contributed by atoms with E-state index in [-0.39, 0.29) is 15.8 Å². The number of para-hydroxylation sites is 1. The molecule has 1 aromatic heterocycles. The number of anilines is 1. The molecule has 0 fully saturated rings. The largest absolute Gasteiger partial charge is 0.573 e. The van der Waals surface area contributed by atoms with Crippen LogP contribution in [0.1, 0.15) is 5.56 Å². The summed E-state index contributed by atoms with van der Waals surface area (Å²) in [5.74, 6) is 0.0796. The number of rotatable bonds is 8. The van der Waals surface area contributed by atoms with Crippen molar-refractivity contribution < 1.29 is 26.3 Å². The van der Waals surface area contributed by atoms with Crippen LogP contribution in [0.25, 0.3) is 17.1 Å². The lowest BCUT2D eigenvalue weighted by Gasteiger charge is -2.16. The number of hydrogen-bond acceptors (Lipinski definition) is 7. The minimum absolute atomic E-state index is 0.0762. The molecule has 1 heterocycles. The zero-order valence-corrected chi connectivity index (χ0v) is 22.6. The highest BCUT2D eigenvalue weighted by molar-refractivity contribution is 7.89. The van der Waals surface area contributed by atoms with Gasteiger partial charge in [-0.15, -0.1) is 18.3 Å². The number of benzene rings is 3. The van der Waals surface area contributed by atoms with Crippen molar-refractivity contribution in [2.24, 2.45) is 5.10 Å². The van der Waals surface area contributed by atoms with Crippen LogP contribution in [-0.4, -0.2) is 59.3 Å².